The van der Waals surface area contributed by atoms with Crippen LogP contribution in [0.4, 0.5) is 16.2 Å². The van der Waals surface area contributed by atoms with Gasteiger partial charge in [0.25, 0.3) is 0 Å². The third kappa shape index (κ3) is 4.24. The summed E-state index contributed by atoms with van der Waals surface area (Å²) in [6.07, 6.45) is 3.15. The average Bonchev–Trinajstić information content (AvgIpc) is 2.79. The second-order valence-electron chi connectivity index (χ2n) is 8.68. The van der Waals surface area contributed by atoms with Crippen molar-refractivity contribution in [2.24, 2.45) is 5.92 Å². The van der Waals surface area contributed by atoms with Crippen molar-refractivity contribution >= 4 is 23.3 Å². The highest BCUT2D eigenvalue weighted by Gasteiger charge is 2.35. The summed E-state index contributed by atoms with van der Waals surface area (Å²) in [6, 6.07) is 9.60. The molecule has 2 N–H and O–H groups in total. The molecule has 2 aliphatic rings. The third-order valence-corrected chi connectivity index (χ3v) is 6.72. The molecule has 7 heteroatoms. The normalized spacial score (nSPS) is 20.2. The van der Waals surface area contributed by atoms with Gasteiger partial charge in [-0.25, -0.2) is 4.79 Å². The van der Waals surface area contributed by atoms with Crippen LogP contribution in [0, 0.1) is 19.8 Å². The number of carbonyl (C=O) groups is 2. The topological polar surface area (TPSA) is 79.9 Å². The first-order chi connectivity index (χ1) is 15.4. The monoisotopic (exact) mass is 437 g/mol. The molecule has 0 radical (unpaired) electrons. The lowest BCUT2D eigenvalue weighted by Crippen LogP contribution is -2.47. The Morgan fingerprint density at radius 3 is 2.34 bits per heavy atom. The molecule has 170 valence electrons. The van der Waals surface area contributed by atoms with Crippen molar-refractivity contribution in [2.75, 3.05) is 24.9 Å². The van der Waals surface area contributed by atoms with Gasteiger partial charge in [0.05, 0.1) is 26.5 Å². The van der Waals surface area contributed by atoms with Crippen LogP contribution in [0.25, 0.3) is 0 Å². The van der Waals surface area contributed by atoms with E-state index >= 15 is 0 Å². The van der Waals surface area contributed by atoms with Crippen molar-refractivity contribution < 1.29 is 19.1 Å². The fourth-order valence-electron chi connectivity index (χ4n) is 4.81. The summed E-state index contributed by atoms with van der Waals surface area (Å²) in [5.74, 6) is 1.49. The van der Waals surface area contributed by atoms with E-state index in [0.717, 1.165) is 59.5 Å². The number of nitrogens with one attached hydrogen (secondary N) is 2. The second kappa shape index (κ2) is 9.10. The molecule has 0 saturated heterocycles. The Bertz CT molecular complexity index is 1030. The maximum atomic E-state index is 12.8. The van der Waals surface area contributed by atoms with Crippen molar-refractivity contribution in [3.8, 4) is 11.5 Å². The van der Waals surface area contributed by atoms with Gasteiger partial charge in [0.15, 0.2) is 0 Å². The van der Waals surface area contributed by atoms with Crippen LogP contribution >= 0.6 is 0 Å². The van der Waals surface area contributed by atoms with Crippen LogP contribution in [-0.4, -0.2) is 37.1 Å². The average molecular weight is 438 g/mol. The molecule has 7 nitrogen and oxygen atoms in total. The SMILES string of the molecule is COc1ccc(NC(=O)C2CCC(N3Cc4c(C)ccc(OC)c4NC3=O)CC2)cc1C. The van der Waals surface area contributed by atoms with Crippen molar-refractivity contribution in [3.05, 3.63) is 47.0 Å². The number of rotatable bonds is 5. The van der Waals surface area contributed by atoms with Gasteiger partial charge in [-0.15, -0.1) is 0 Å². The van der Waals surface area contributed by atoms with Gasteiger partial charge in [0.2, 0.25) is 5.91 Å². The van der Waals surface area contributed by atoms with E-state index in [0.29, 0.717) is 12.3 Å². The largest absolute Gasteiger partial charge is 0.496 e. The van der Waals surface area contributed by atoms with Gasteiger partial charge in [-0.1, -0.05) is 6.07 Å². The Morgan fingerprint density at radius 2 is 1.69 bits per heavy atom. The molecule has 0 atom stereocenters. The molecule has 0 unspecified atom stereocenters. The molecule has 1 heterocycles. The zero-order chi connectivity index (χ0) is 22.8. The molecule has 32 heavy (non-hydrogen) atoms. The summed E-state index contributed by atoms with van der Waals surface area (Å²) >= 11 is 0. The van der Waals surface area contributed by atoms with Crippen LogP contribution in [0.5, 0.6) is 11.5 Å². The van der Waals surface area contributed by atoms with Crippen LogP contribution in [-0.2, 0) is 11.3 Å². The first-order valence-corrected chi connectivity index (χ1v) is 11.1. The van der Waals surface area contributed by atoms with Gasteiger partial charge in [-0.05, 0) is 74.9 Å². The van der Waals surface area contributed by atoms with Crippen molar-refractivity contribution in [3.63, 3.8) is 0 Å². The van der Waals surface area contributed by atoms with E-state index in [1.165, 1.54) is 0 Å². The van der Waals surface area contributed by atoms with Gasteiger partial charge in [0, 0.05) is 23.2 Å². The minimum Gasteiger partial charge on any atom is -0.496 e. The number of methoxy groups -OCH3 is 2. The maximum absolute atomic E-state index is 12.8. The van der Waals surface area contributed by atoms with Crippen LogP contribution in [0.15, 0.2) is 30.3 Å². The summed E-state index contributed by atoms with van der Waals surface area (Å²) in [7, 11) is 3.25. The number of benzene rings is 2. The summed E-state index contributed by atoms with van der Waals surface area (Å²) < 4.78 is 10.7. The number of amides is 3. The standard InChI is InChI=1S/C25H31N3O4/c1-15-5-11-22(32-4)23-20(15)14-28(25(30)27-23)19-9-6-17(7-10-19)24(29)26-18-8-12-21(31-3)16(2)13-18/h5,8,11-13,17,19H,6-7,9-10,14H2,1-4H3,(H,26,29)(H,27,30). The summed E-state index contributed by atoms with van der Waals surface area (Å²) in [5, 5.41) is 6.06. The van der Waals surface area contributed by atoms with Crippen LogP contribution < -0.4 is 20.1 Å². The predicted octanol–water partition coefficient (Wildman–Crippen LogP) is 4.87. The lowest BCUT2D eigenvalue weighted by Gasteiger charge is -2.39. The summed E-state index contributed by atoms with van der Waals surface area (Å²) in [6.45, 7) is 4.58. The smallest absolute Gasteiger partial charge is 0.322 e. The van der Waals surface area contributed by atoms with E-state index in [-0.39, 0.29) is 23.9 Å². The van der Waals surface area contributed by atoms with Crippen LogP contribution in [0.2, 0.25) is 0 Å². The van der Waals surface area contributed by atoms with Crippen molar-refractivity contribution in [1.82, 2.24) is 4.90 Å². The number of nitrogens with zero attached hydrogens (tertiary/aromatic N) is 1. The molecule has 0 bridgehead atoms. The fourth-order valence-corrected chi connectivity index (χ4v) is 4.81. The Morgan fingerprint density at radius 1 is 1.00 bits per heavy atom. The molecule has 1 aliphatic carbocycles. The quantitative estimate of drug-likeness (QED) is 0.700. The van der Waals surface area contributed by atoms with Gasteiger partial charge in [-0.3, -0.25) is 4.79 Å². The molecule has 3 amide bonds. The Hall–Kier alpha value is -3.22. The van der Waals surface area contributed by atoms with Crippen molar-refractivity contribution in [2.45, 2.75) is 52.1 Å². The minimum atomic E-state index is -0.0944. The Balaban J connectivity index is 1.38. The number of hydrogen-bond acceptors (Lipinski definition) is 4. The minimum absolute atomic E-state index is 0.0436. The molecular formula is C25H31N3O4. The molecular weight excluding hydrogens is 406 g/mol. The molecule has 1 aliphatic heterocycles. The van der Waals surface area contributed by atoms with Crippen molar-refractivity contribution in [1.29, 1.82) is 0 Å². The number of anilines is 2. The van der Waals surface area contributed by atoms with E-state index in [9.17, 15) is 9.59 Å². The van der Waals surface area contributed by atoms with E-state index in [4.69, 9.17) is 9.47 Å². The maximum Gasteiger partial charge on any atom is 0.322 e. The Labute approximate surface area is 189 Å². The van der Waals surface area contributed by atoms with Gasteiger partial charge < -0.3 is 25.0 Å². The second-order valence-corrected chi connectivity index (χ2v) is 8.68. The van der Waals surface area contributed by atoms with Gasteiger partial charge in [0.1, 0.15) is 11.5 Å². The lowest BCUT2D eigenvalue weighted by atomic mass is 9.84. The van der Waals surface area contributed by atoms with E-state index < -0.39 is 0 Å². The molecule has 0 aromatic heterocycles. The highest BCUT2D eigenvalue weighted by molar-refractivity contribution is 5.95. The number of aryl methyl sites for hydroxylation is 2. The van der Waals surface area contributed by atoms with Crippen LogP contribution in [0.3, 0.4) is 0 Å². The number of fused-ring (bicyclic) bond motifs is 1. The van der Waals surface area contributed by atoms with E-state index in [2.05, 4.69) is 17.6 Å². The highest BCUT2D eigenvalue weighted by Crippen LogP contribution is 2.38. The molecule has 2 aromatic carbocycles. The first kappa shape index (κ1) is 22.0. The van der Waals surface area contributed by atoms with Gasteiger partial charge >= 0.3 is 6.03 Å². The number of ether oxygens (including phenoxy) is 2. The zero-order valence-corrected chi connectivity index (χ0v) is 19.2. The molecule has 1 fully saturated rings. The summed E-state index contributed by atoms with van der Waals surface area (Å²) in [5.41, 5.74) is 4.77. The van der Waals surface area contributed by atoms with Crippen LogP contribution in [0.1, 0.15) is 42.4 Å². The number of hydrogen-bond donors (Lipinski definition) is 2. The first-order valence-electron chi connectivity index (χ1n) is 11.1. The molecule has 1 saturated carbocycles. The molecule has 4 rings (SSSR count). The zero-order valence-electron chi connectivity index (χ0n) is 19.2. The Kier molecular flexibility index (Phi) is 6.26. The van der Waals surface area contributed by atoms with E-state index in [1.54, 1.807) is 14.2 Å². The lowest BCUT2D eigenvalue weighted by molar-refractivity contribution is -0.121. The van der Waals surface area contributed by atoms with Gasteiger partial charge in [-0.2, -0.15) is 0 Å². The molecule has 0 spiro atoms. The fraction of sp³-hybridized carbons (Fsp3) is 0.440. The third-order valence-electron chi connectivity index (χ3n) is 6.72. The molecule has 2 aromatic rings. The highest BCUT2D eigenvalue weighted by atomic mass is 16.5. The number of urea groups is 1. The predicted molar refractivity (Wildman–Crippen MR) is 124 cm³/mol. The van der Waals surface area contributed by atoms with E-state index in [1.807, 2.05) is 42.2 Å². The summed E-state index contributed by atoms with van der Waals surface area (Å²) in [4.78, 5) is 27.6. The number of carbonyl (C=O) groups excluding carboxylic acids is 2.